The minimum absolute atomic E-state index is 0.441. The van der Waals surface area contributed by atoms with Gasteiger partial charge >= 0.3 is 0 Å². The highest BCUT2D eigenvalue weighted by Gasteiger charge is 2.53. The molecule has 50 heavy (non-hydrogen) atoms. The molecule has 8 aromatic carbocycles. The van der Waals surface area contributed by atoms with Gasteiger partial charge in [0.25, 0.3) is 0 Å². The first-order valence-corrected chi connectivity index (χ1v) is 17.6. The summed E-state index contributed by atoms with van der Waals surface area (Å²) in [4.78, 5) is 5.05. The Morgan fingerprint density at radius 1 is 0.500 bits per heavy atom. The van der Waals surface area contributed by atoms with Crippen LogP contribution in [0, 0.1) is 0 Å². The zero-order valence-electron chi connectivity index (χ0n) is 27.7. The van der Waals surface area contributed by atoms with Crippen LogP contribution in [0.3, 0.4) is 0 Å². The molecule has 1 aromatic heterocycles. The summed E-state index contributed by atoms with van der Waals surface area (Å²) in [6.45, 7) is 3.06. The quantitative estimate of drug-likeness (QED) is 0.189. The Morgan fingerprint density at radius 3 is 1.88 bits per heavy atom. The summed E-state index contributed by atoms with van der Waals surface area (Å²) in [6.07, 6.45) is 0. The number of para-hydroxylation sites is 2. The monoisotopic (exact) mass is 636 g/mol. The average Bonchev–Trinajstić information content (AvgIpc) is 3.82. The molecule has 9 aromatic rings. The third-order valence-corrected chi connectivity index (χ3v) is 11.4. The van der Waals surface area contributed by atoms with E-state index in [-0.39, 0.29) is 0 Å². The van der Waals surface area contributed by atoms with Crippen molar-refractivity contribution in [2.24, 2.45) is 0 Å². The Balaban J connectivity index is 1.22. The lowest BCUT2D eigenvalue weighted by molar-refractivity contribution is 0.796. The summed E-state index contributed by atoms with van der Waals surface area (Å²) in [5, 5.41) is 5.17. The lowest BCUT2D eigenvalue weighted by Gasteiger charge is -2.32. The van der Waals surface area contributed by atoms with Gasteiger partial charge in [-0.3, -0.25) is 0 Å². The third-order valence-electron chi connectivity index (χ3n) is 11.4. The highest BCUT2D eigenvalue weighted by atomic mass is 15.1. The second-order valence-corrected chi connectivity index (χ2v) is 13.7. The molecule has 2 aliphatic carbocycles. The molecule has 0 radical (unpaired) electrons. The van der Waals surface area contributed by atoms with Crippen molar-refractivity contribution in [2.75, 3.05) is 0 Å². The first-order chi connectivity index (χ1) is 24.8. The first kappa shape index (κ1) is 27.7. The van der Waals surface area contributed by atoms with Gasteiger partial charge in [0.2, 0.25) is 0 Å². The van der Waals surface area contributed by atoms with Crippen molar-refractivity contribution in [1.29, 1.82) is 0 Å². The molecule has 0 saturated carbocycles. The highest BCUT2D eigenvalue weighted by Crippen LogP contribution is 2.65. The molecule has 0 bridgehead atoms. The Bertz CT molecular complexity index is 2810. The summed E-state index contributed by atoms with van der Waals surface area (Å²) < 4.78 is 2.31. The van der Waals surface area contributed by atoms with Crippen LogP contribution < -0.4 is 0 Å². The molecule has 2 heteroatoms. The molecule has 1 heterocycles. The molecule has 0 atom stereocenters. The van der Waals surface area contributed by atoms with Gasteiger partial charge in [0.1, 0.15) is 5.82 Å². The molecule has 0 fully saturated rings. The van der Waals surface area contributed by atoms with E-state index in [1.165, 1.54) is 82.7 Å². The maximum atomic E-state index is 5.05. The van der Waals surface area contributed by atoms with Gasteiger partial charge in [0.05, 0.1) is 16.4 Å². The second-order valence-electron chi connectivity index (χ2n) is 13.7. The van der Waals surface area contributed by atoms with E-state index in [1.54, 1.807) is 0 Å². The number of rotatable bonds is 3. The van der Waals surface area contributed by atoms with Crippen LogP contribution in [0.15, 0.2) is 164 Å². The zero-order chi connectivity index (χ0) is 33.0. The number of imidazole rings is 1. The predicted octanol–water partition coefficient (Wildman–Crippen LogP) is 12.0. The van der Waals surface area contributed by atoms with E-state index in [9.17, 15) is 0 Å². The Hall–Kier alpha value is -6.25. The molecule has 2 nitrogen and oxygen atoms in total. The lowest BCUT2D eigenvalue weighted by Crippen LogP contribution is -2.26. The maximum absolute atomic E-state index is 5.05. The van der Waals surface area contributed by atoms with Crippen LogP contribution in [0.25, 0.3) is 77.3 Å². The topological polar surface area (TPSA) is 17.8 Å². The standard InChI is InChI=1S/C48H32N2/c1-2-50-44-22-12-11-21-43(44)49-47(50)32-25-23-31(24-26-32)39-29-42-45(37-18-6-5-15-34(37)39)38-28-27-30-13-3-4-14-33(30)46(38)48(42)40-19-9-7-16-35(40)36-17-8-10-20-41(36)48/h3-29H,2H2,1H3. The number of aromatic nitrogens is 2. The minimum Gasteiger partial charge on any atom is -0.324 e. The fourth-order valence-corrected chi connectivity index (χ4v) is 9.43. The molecule has 0 N–H and O–H groups in total. The van der Waals surface area contributed by atoms with E-state index in [0.29, 0.717) is 0 Å². The summed E-state index contributed by atoms with van der Waals surface area (Å²) in [7, 11) is 0. The summed E-state index contributed by atoms with van der Waals surface area (Å²) in [5.41, 5.74) is 16.2. The van der Waals surface area contributed by atoms with Crippen molar-refractivity contribution >= 4 is 32.6 Å². The van der Waals surface area contributed by atoms with E-state index < -0.39 is 5.41 Å². The van der Waals surface area contributed by atoms with Crippen LogP contribution >= 0.6 is 0 Å². The fraction of sp³-hybridized carbons (Fsp3) is 0.0625. The van der Waals surface area contributed by atoms with Crippen LogP contribution in [-0.4, -0.2) is 9.55 Å². The van der Waals surface area contributed by atoms with Crippen molar-refractivity contribution in [3.63, 3.8) is 0 Å². The number of aryl methyl sites for hydroxylation is 1. The van der Waals surface area contributed by atoms with Crippen molar-refractivity contribution in [2.45, 2.75) is 18.9 Å². The predicted molar refractivity (Wildman–Crippen MR) is 208 cm³/mol. The highest BCUT2D eigenvalue weighted by molar-refractivity contribution is 6.14. The van der Waals surface area contributed by atoms with Crippen molar-refractivity contribution in [1.82, 2.24) is 9.55 Å². The molecule has 234 valence electrons. The van der Waals surface area contributed by atoms with Crippen LogP contribution in [0.4, 0.5) is 0 Å². The molecule has 0 amide bonds. The van der Waals surface area contributed by atoms with Crippen molar-refractivity contribution in [3.05, 3.63) is 186 Å². The van der Waals surface area contributed by atoms with Gasteiger partial charge in [-0.2, -0.15) is 0 Å². The summed E-state index contributed by atoms with van der Waals surface area (Å²) in [6, 6.07) is 60.9. The Labute approximate surface area is 290 Å². The molecule has 0 aliphatic heterocycles. The summed E-state index contributed by atoms with van der Waals surface area (Å²) >= 11 is 0. The number of hydrogen-bond donors (Lipinski definition) is 0. The van der Waals surface area contributed by atoms with Crippen LogP contribution in [0.5, 0.6) is 0 Å². The Kier molecular flexibility index (Phi) is 5.61. The molecule has 1 spiro atoms. The second kappa shape index (κ2) is 10.1. The van der Waals surface area contributed by atoms with Crippen LogP contribution in [0.2, 0.25) is 0 Å². The van der Waals surface area contributed by atoms with Gasteiger partial charge in [-0.1, -0.05) is 146 Å². The van der Waals surface area contributed by atoms with E-state index in [2.05, 4.69) is 175 Å². The molecule has 0 unspecified atom stereocenters. The normalized spacial score (nSPS) is 13.5. The van der Waals surface area contributed by atoms with Gasteiger partial charge in [0, 0.05) is 12.1 Å². The van der Waals surface area contributed by atoms with Gasteiger partial charge in [0.15, 0.2) is 0 Å². The average molecular weight is 637 g/mol. The Morgan fingerprint density at radius 2 is 1.12 bits per heavy atom. The zero-order valence-corrected chi connectivity index (χ0v) is 27.7. The molecular weight excluding hydrogens is 605 g/mol. The van der Waals surface area contributed by atoms with Crippen LogP contribution in [-0.2, 0) is 12.0 Å². The molecule has 11 rings (SSSR count). The fourth-order valence-electron chi connectivity index (χ4n) is 9.43. The third kappa shape index (κ3) is 3.45. The largest absolute Gasteiger partial charge is 0.324 e. The molecule has 0 saturated heterocycles. The van der Waals surface area contributed by atoms with E-state index in [4.69, 9.17) is 4.98 Å². The first-order valence-electron chi connectivity index (χ1n) is 17.6. The SMILES string of the molecule is CCn1c(-c2ccc(-c3cc4c(c5ccccc35)-c3ccc5ccccc5c3C43c4ccccc4-c4ccccc43)cc2)nc2ccccc21. The van der Waals surface area contributed by atoms with Crippen LogP contribution in [0.1, 0.15) is 29.2 Å². The molecular formula is C48H32N2. The minimum atomic E-state index is -0.441. The number of benzene rings is 8. The number of hydrogen-bond acceptors (Lipinski definition) is 1. The van der Waals surface area contributed by atoms with E-state index >= 15 is 0 Å². The van der Waals surface area contributed by atoms with Crippen molar-refractivity contribution in [3.8, 4) is 44.8 Å². The lowest BCUT2D eigenvalue weighted by atomic mass is 9.69. The van der Waals surface area contributed by atoms with Gasteiger partial charge < -0.3 is 4.57 Å². The number of fused-ring (bicyclic) bond motifs is 15. The van der Waals surface area contributed by atoms with E-state index in [1.807, 2.05) is 0 Å². The number of nitrogens with zero attached hydrogens (tertiary/aromatic N) is 2. The summed E-state index contributed by atoms with van der Waals surface area (Å²) in [5.74, 6) is 1.01. The van der Waals surface area contributed by atoms with E-state index in [0.717, 1.165) is 23.4 Å². The van der Waals surface area contributed by atoms with Crippen molar-refractivity contribution < 1.29 is 0 Å². The maximum Gasteiger partial charge on any atom is 0.141 e. The molecule has 2 aliphatic rings. The van der Waals surface area contributed by atoms with Gasteiger partial charge in [-0.05, 0) is 102 Å². The van der Waals surface area contributed by atoms with Gasteiger partial charge in [-0.25, -0.2) is 4.98 Å². The smallest absolute Gasteiger partial charge is 0.141 e. The van der Waals surface area contributed by atoms with Gasteiger partial charge in [-0.15, -0.1) is 0 Å².